The molecule has 0 aliphatic heterocycles. The van der Waals surface area contributed by atoms with Crippen LogP contribution in [0.4, 0.5) is 0 Å². The van der Waals surface area contributed by atoms with E-state index in [4.69, 9.17) is 0 Å². The SMILES string of the molecule is CCCCc1ccc(CP)cc1. The first-order valence-corrected chi connectivity index (χ1v) is 5.46. The number of rotatable bonds is 4. The van der Waals surface area contributed by atoms with Gasteiger partial charge in [-0.15, -0.1) is 9.24 Å². The zero-order chi connectivity index (χ0) is 8.81. The smallest absolute Gasteiger partial charge is 0.0128 e. The number of unbranched alkanes of at least 4 members (excludes halogenated alkanes) is 1. The average molecular weight is 180 g/mol. The minimum Gasteiger partial charge on any atom is -0.133 e. The molecule has 0 spiro atoms. The van der Waals surface area contributed by atoms with Gasteiger partial charge in [0.15, 0.2) is 0 Å². The summed E-state index contributed by atoms with van der Waals surface area (Å²) < 4.78 is 0. The van der Waals surface area contributed by atoms with Crippen LogP contribution in [0.1, 0.15) is 30.9 Å². The van der Waals surface area contributed by atoms with E-state index in [1.165, 1.54) is 30.4 Å². The third-order valence-corrected chi connectivity index (χ3v) is 2.55. The average Bonchev–Trinajstić information content (AvgIpc) is 2.15. The highest BCUT2D eigenvalue weighted by molar-refractivity contribution is 7.15. The van der Waals surface area contributed by atoms with E-state index in [-0.39, 0.29) is 0 Å². The van der Waals surface area contributed by atoms with Crippen LogP contribution in [-0.2, 0) is 12.6 Å². The second kappa shape index (κ2) is 5.32. The van der Waals surface area contributed by atoms with Crippen LogP contribution in [0.3, 0.4) is 0 Å². The van der Waals surface area contributed by atoms with Gasteiger partial charge in [0.05, 0.1) is 0 Å². The van der Waals surface area contributed by atoms with Crippen molar-refractivity contribution in [3.63, 3.8) is 0 Å². The molecular formula is C11H17P. The molecule has 1 heteroatoms. The first-order valence-electron chi connectivity index (χ1n) is 4.64. The molecule has 12 heavy (non-hydrogen) atoms. The van der Waals surface area contributed by atoms with Crippen molar-refractivity contribution in [3.8, 4) is 0 Å². The summed E-state index contributed by atoms with van der Waals surface area (Å²) in [6, 6.07) is 8.93. The summed E-state index contributed by atoms with van der Waals surface area (Å²) in [4.78, 5) is 0. The van der Waals surface area contributed by atoms with Crippen LogP contribution in [0.5, 0.6) is 0 Å². The van der Waals surface area contributed by atoms with E-state index in [2.05, 4.69) is 40.4 Å². The van der Waals surface area contributed by atoms with Crippen molar-refractivity contribution >= 4 is 9.24 Å². The molecular weight excluding hydrogens is 163 g/mol. The van der Waals surface area contributed by atoms with Gasteiger partial charge in [0.1, 0.15) is 0 Å². The molecule has 66 valence electrons. The number of hydrogen-bond acceptors (Lipinski definition) is 0. The van der Waals surface area contributed by atoms with Crippen LogP contribution in [0.2, 0.25) is 0 Å². The van der Waals surface area contributed by atoms with E-state index >= 15 is 0 Å². The molecule has 0 saturated heterocycles. The highest BCUT2D eigenvalue weighted by Gasteiger charge is 1.92. The quantitative estimate of drug-likeness (QED) is 0.623. The van der Waals surface area contributed by atoms with Gasteiger partial charge in [-0.25, -0.2) is 0 Å². The normalized spacial score (nSPS) is 10.2. The van der Waals surface area contributed by atoms with E-state index in [0.29, 0.717) is 0 Å². The van der Waals surface area contributed by atoms with E-state index in [1.54, 1.807) is 0 Å². The molecule has 0 saturated carbocycles. The molecule has 0 bridgehead atoms. The molecule has 0 aliphatic carbocycles. The maximum atomic E-state index is 2.75. The Kier molecular flexibility index (Phi) is 4.32. The number of hydrogen-bond donors (Lipinski definition) is 0. The second-order valence-corrected chi connectivity index (χ2v) is 3.53. The fourth-order valence-corrected chi connectivity index (χ4v) is 1.50. The Labute approximate surface area is 77.6 Å². The van der Waals surface area contributed by atoms with Crippen molar-refractivity contribution in [3.05, 3.63) is 35.4 Å². The number of benzene rings is 1. The molecule has 0 aliphatic rings. The fraction of sp³-hybridized carbons (Fsp3) is 0.455. The minimum absolute atomic E-state index is 1.06. The molecule has 0 radical (unpaired) electrons. The monoisotopic (exact) mass is 180 g/mol. The van der Waals surface area contributed by atoms with Crippen molar-refractivity contribution in [2.45, 2.75) is 32.3 Å². The van der Waals surface area contributed by atoms with Crippen LogP contribution in [0, 0.1) is 0 Å². The van der Waals surface area contributed by atoms with Crippen molar-refractivity contribution in [2.75, 3.05) is 0 Å². The molecule has 1 atom stereocenters. The summed E-state index contributed by atoms with van der Waals surface area (Å²) in [5.74, 6) is 0. The van der Waals surface area contributed by atoms with Gasteiger partial charge in [-0.05, 0) is 30.1 Å². The molecule has 0 aromatic heterocycles. The third-order valence-electron chi connectivity index (χ3n) is 2.08. The van der Waals surface area contributed by atoms with E-state index < -0.39 is 0 Å². The summed E-state index contributed by atoms with van der Waals surface area (Å²) in [5, 5.41) is 0. The van der Waals surface area contributed by atoms with Gasteiger partial charge >= 0.3 is 0 Å². The summed E-state index contributed by atoms with van der Waals surface area (Å²) in [7, 11) is 2.75. The summed E-state index contributed by atoms with van der Waals surface area (Å²) in [6.45, 7) is 2.23. The second-order valence-electron chi connectivity index (χ2n) is 3.12. The highest BCUT2D eigenvalue weighted by atomic mass is 31.0. The number of aryl methyl sites for hydroxylation is 1. The molecule has 1 unspecified atom stereocenters. The molecule has 1 rings (SSSR count). The van der Waals surface area contributed by atoms with Crippen molar-refractivity contribution in [1.82, 2.24) is 0 Å². The van der Waals surface area contributed by atoms with Crippen molar-refractivity contribution < 1.29 is 0 Å². The van der Waals surface area contributed by atoms with Crippen molar-refractivity contribution in [1.29, 1.82) is 0 Å². The Bertz CT molecular complexity index is 213. The lowest BCUT2D eigenvalue weighted by Gasteiger charge is -2.00. The zero-order valence-corrected chi connectivity index (χ0v) is 8.87. The van der Waals surface area contributed by atoms with Crippen LogP contribution in [0.15, 0.2) is 24.3 Å². The summed E-state index contributed by atoms with van der Waals surface area (Å²) in [5.41, 5.74) is 2.87. The van der Waals surface area contributed by atoms with Gasteiger partial charge < -0.3 is 0 Å². The Morgan fingerprint density at radius 1 is 1.08 bits per heavy atom. The molecule has 1 aromatic carbocycles. The van der Waals surface area contributed by atoms with Gasteiger partial charge in [0.25, 0.3) is 0 Å². The molecule has 0 N–H and O–H groups in total. The van der Waals surface area contributed by atoms with Gasteiger partial charge in [-0.3, -0.25) is 0 Å². The van der Waals surface area contributed by atoms with E-state index in [9.17, 15) is 0 Å². The lowest BCUT2D eigenvalue weighted by Crippen LogP contribution is -1.84. The Morgan fingerprint density at radius 2 is 1.67 bits per heavy atom. The molecule has 0 nitrogen and oxygen atoms in total. The highest BCUT2D eigenvalue weighted by Crippen LogP contribution is 2.09. The van der Waals surface area contributed by atoms with E-state index in [1.807, 2.05) is 0 Å². The first kappa shape index (κ1) is 9.74. The van der Waals surface area contributed by atoms with Crippen LogP contribution in [0.25, 0.3) is 0 Å². The van der Waals surface area contributed by atoms with E-state index in [0.717, 1.165) is 6.16 Å². The largest absolute Gasteiger partial charge is 0.133 e. The van der Waals surface area contributed by atoms with Gasteiger partial charge in [0.2, 0.25) is 0 Å². The zero-order valence-electron chi connectivity index (χ0n) is 7.72. The van der Waals surface area contributed by atoms with Gasteiger partial charge in [-0.2, -0.15) is 0 Å². The van der Waals surface area contributed by atoms with Gasteiger partial charge in [-0.1, -0.05) is 37.6 Å². The lowest BCUT2D eigenvalue weighted by atomic mass is 10.1. The molecule has 0 fully saturated rings. The maximum Gasteiger partial charge on any atom is -0.0128 e. The standard InChI is InChI=1S/C11H17P/c1-2-3-4-10-5-7-11(9-12)8-6-10/h5-8H,2-4,9,12H2,1H3. The Balaban J connectivity index is 2.53. The third kappa shape index (κ3) is 2.95. The maximum absolute atomic E-state index is 2.75. The van der Waals surface area contributed by atoms with Crippen LogP contribution >= 0.6 is 9.24 Å². The molecule has 0 amide bonds. The summed E-state index contributed by atoms with van der Waals surface area (Å²) in [6.07, 6.45) is 4.88. The minimum atomic E-state index is 1.06. The van der Waals surface area contributed by atoms with Crippen LogP contribution < -0.4 is 0 Å². The Hall–Kier alpha value is -0.350. The molecule has 0 heterocycles. The van der Waals surface area contributed by atoms with Crippen LogP contribution in [-0.4, -0.2) is 0 Å². The summed E-state index contributed by atoms with van der Waals surface area (Å²) >= 11 is 0. The Morgan fingerprint density at radius 3 is 2.17 bits per heavy atom. The molecule has 1 aromatic rings. The van der Waals surface area contributed by atoms with Crippen molar-refractivity contribution in [2.24, 2.45) is 0 Å². The predicted octanol–water partition coefficient (Wildman–Crippen LogP) is 3.40. The topological polar surface area (TPSA) is 0 Å². The van der Waals surface area contributed by atoms with Gasteiger partial charge in [0, 0.05) is 0 Å². The lowest BCUT2D eigenvalue weighted by molar-refractivity contribution is 0.795. The first-order chi connectivity index (χ1) is 5.86. The predicted molar refractivity (Wildman–Crippen MR) is 58.5 cm³/mol. The fourth-order valence-electron chi connectivity index (χ4n) is 1.22.